The van der Waals surface area contributed by atoms with Crippen molar-refractivity contribution in [2.45, 2.75) is 77.9 Å². The maximum Gasteiger partial charge on any atom is 0.157 e. The van der Waals surface area contributed by atoms with Crippen molar-refractivity contribution in [3.63, 3.8) is 0 Å². The maximum absolute atomic E-state index is 9.84. The number of hydrogen-bond donors (Lipinski definition) is 1. The molecule has 2 heteroatoms. The summed E-state index contributed by atoms with van der Waals surface area (Å²) in [6.45, 7) is 5.24. The first-order chi connectivity index (χ1) is 8.27. The van der Waals surface area contributed by atoms with E-state index >= 15 is 0 Å². The van der Waals surface area contributed by atoms with Gasteiger partial charge in [0.1, 0.15) is 0 Å². The van der Waals surface area contributed by atoms with Gasteiger partial charge in [0.15, 0.2) is 6.29 Å². The van der Waals surface area contributed by atoms with E-state index in [1.165, 1.54) is 51.4 Å². The van der Waals surface area contributed by atoms with Crippen LogP contribution in [0.3, 0.4) is 0 Å². The second kappa shape index (κ2) is 8.93. The van der Waals surface area contributed by atoms with E-state index in [1.54, 1.807) is 0 Å². The minimum Gasteiger partial charge on any atom is -0.368 e. The Balaban J connectivity index is 2.21. The zero-order chi connectivity index (χ0) is 12.5. The van der Waals surface area contributed by atoms with Crippen molar-refractivity contribution in [1.82, 2.24) is 0 Å². The van der Waals surface area contributed by atoms with E-state index in [4.69, 9.17) is 4.74 Å². The average Bonchev–Trinajstić information content (AvgIpc) is 2.33. The van der Waals surface area contributed by atoms with Crippen molar-refractivity contribution in [1.29, 1.82) is 0 Å². The van der Waals surface area contributed by atoms with Crippen molar-refractivity contribution >= 4 is 0 Å². The smallest absolute Gasteiger partial charge is 0.157 e. The average molecular weight is 242 g/mol. The summed E-state index contributed by atoms with van der Waals surface area (Å²) in [4.78, 5) is 0. The van der Waals surface area contributed by atoms with E-state index in [0.29, 0.717) is 11.8 Å². The van der Waals surface area contributed by atoms with Gasteiger partial charge in [-0.1, -0.05) is 52.4 Å². The van der Waals surface area contributed by atoms with Gasteiger partial charge < -0.3 is 9.84 Å². The third-order valence-electron chi connectivity index (χ3n) is 3.94. The Bertz CT molecular complexity index is 182. The maximum atomic E-state index is 9.84. The highest BCUT2D eigenvalue weighted by molar-refractivity contribution is 4.73. The topological polar surface area (TPSA) is 29.5 Å². The Labute approximate surface area is 107 Å². The number of aliphatic hydroxyl groups excluding tert-OH is 1. The minimum absolute atomic E-state index is 0.391. The van der Waals surface area contributed by atoms with Crippen LogP contribution < -0.4 is 0 Å². The minimum atomic E-state index is -0.491. The number of unbranched alkanes of at least 4 members (excludes halogenated alkanes) is 4. The first-order valence-corrected chi connectivity index (χ1v) is 7.57. The van der Waals surface area contributed by atoms with Gasteiger partial charge in [0.25, 0.3) is 0 Å². The van der Waals surface area contributed by atoms with Gasteiger partial charge in [-0.3, -0.25) is 0 Å². The molecule has 0 aliphatic carbocycles. The monoisotopic (exact) mass is 242 g/mol. The molecular weight excluding hydrogens is 212 g/mol. The van der Waals surface area contributed by atoms with E-state index in [9.17, 15) is 5.11 Å². The van der Waals surface area contributed by atoms with Crippen LogP contribution in [0.15, 0.2) is 0 Å². The lowest BCUT2D eigenvalue weighted by Gasteiger charge is -2.33. The molecule has 0 amide bonds. The van der Waals surface area contributed by atoms with Crippen LogP contribution in [0.25, 0.3) is 0 Å². The highest BCUT2D eigenvalue weighted by Gasteiger charge is 2.28. The number of aliphatic hydroxyl groups is 1. The standard InChI is InChI=1S/C15H30O2/c1-3-5-7-9-13-11-14(10-8-6-4-2)15(16)17-12-13/h13-16H,3-12H2,1-2H3. The normalized spacial score (nSPS) is 29.5. The first-order valence-electron chi connectivity index (χ1n) is 7.57. The fourth-order valence-corrected chi connectivity index (χ4v) is 2.78. The quantitative estimate of drug-likeness (QED) is 0.649. The lowest BCUT2D eigenvalue weighted by Crippen LogP contribution is -2.34. The lowest BCUT2D eigenvalue weighted by atomic mass is 9.85. The zero-order valence-electron chi connectivity index (χ0n) is 11.7. The van der Waals surface area contributed by atoms with Crippen LogP contribution in [0.4, 0.5) is 0 Å². The third-order valence-corrected chi connectivity index (χ3v) is 3.94. The third kappa shape index (κ3) is 5.87. The van der Waals surface area contributed by atoms with Crippen LogP contribution in [0, 0.1) is 11.8 Å². The molecule has 0 aromatic rings. The summed E-state index contributed by atoms with van der Waals surface area (Å²) in [7, 11) is 0. The molecule has 3 atom stereocenters. The zero-order valence-corrected chi connectivity index (χ0v) is 11.7. The fourth-order valence-electron chi connectivity index (χ4n) is 2.78. The van der Waals surface area contributed by atoms with Crippen molar-refractivity contribution in [2.24, 2.45) is 11.8 Å². The second-order valence-corrected chi connectivity index (χ2v) is 5.58. The molecule has 1 fully saturated rings. The van der Waals surface area contributed by atoms with Gasteiger partial charge in [-0.2, -0.15) is 0 Å². The molecule has 3 unspecified atom stereocenters. The highest BCUT2D eigenvalue weighted by Crippen LogP contribution is 2.31. The molecule has 0 bridgehead atoms. The van der Waals surface area contributed by atoms with Gasteiger partial charge in [0, 0.05) is 5.92 Å². The van der Waals surface area contributed by atoms with Crippen molar-refractivity contribution < 1.29 is 9.84 Å². The summed E-state index contributed by atoms with van der Waals surface area (Å²) in [6.07, 6.45) is 10.8. The molecule has 102 valence electrons. The molecule has 1 heterocycles. The fraction of sp³-hybridized carbons (Fsp3) is 1.00. The Morgan fingerprint density at radius 2 is 1.65 bits per heavy atom. The van der Waals surface area contributed by atoms with Crippen molar-refractivity contribution in [3.05, 3.63) is 0 Å². The van der Waals surface area contributed by atoms with Crippen LogP contribution in [-0.4, -0.2) is 18.0 Å². The van der Waals surface area contributed by atoms with Gasteiger partial charge in [-0.15, -0.1) is 0 Å². The summed E-state index contributed by atoms with van der Waals surface area (Å²) in [5, 5.41) is 9.84. The molecule has 1 rings (SSSR count). The summed E-state index contributed by atoms with van der Waals surface area (Å²) in [5.74, 6) is 1.08. The van der Waals surface area contributed by atoms with Gasteiger partial charge in [-0.05, 0) is 25.2 Å². The van der Waals surface area contributed by atoms with E-state index in [1.807, 2.05) is 0 Å². The van der Waals surface area contributed by atoms with Gasteiger partial charge in [0.2, 0.25) is 0 Å². The first kappa shape index (κ1) is 15.0. The molecule has 0 radical (unpaired) electrons. The molecule has 17 heavy (non-hydrogen) atoms. The van der Waals surface area contributed by atoms with Gasteiger partial charge in [-0.25, -0.2) is 0 Å². The number of ether oxygens (including phenoxy) is 1. The molecular formula is C15H30O2. The van der Waals surface area contributed by atoms with E-state index in [2.05, 4.69) is 13.8 Å². The molecule has 0 aromatic heterocycles. The van der Waals surface area contributed by atoms with E-state index in [-0.39, 0.29) is 0 Å². The summed E-state index contributed by atoms with van der Waals surface area (Å²) < 4.78 is 5.52. The molecule has 1 aliphatic rings. The van der Waals surface area contributed by atoms with Gasteiger partial charge >= 0.3 is 0 Å². The SMILES string of the molecule is CCCCCC1COC(O)C(CCCCC)C1. The largest absolute Gasteiger partial charge is 0.368 e. The van der Waals surface area contributed by atoms with Crippen molar-refractivity contribution in [2.75, 3.05) is 6.61 Å². The molecule has 1 saturated heterocycles. The molecule has 0 saturated carbocycles. The summed E-state index contributed by atoms with van der Waals surface area (Å²) >= 11 is 0. The Hall–Kier alpha value is -0.0800. The summed E-state index contributed by atoms with van der Waals surface area (Å²) in [6, 6.07) is 0. The predicted molar refractivity (Wildman–Crippen MR) is 71.8 cm³/mol. The summed E-state index contributed by atoms with van der Waals surface area (Å²) in [5.41, 5.74) is 0. The van der Waals surface area contributed by atoms with E-state index in [0.717, 1.165) is 13.0 Å². The molecule has 0 aromatic carbocycles. The molecule has 2 nitrogen and oxygen atoms in total. The van der Waals surface area contributed by atoms with Crippen LogP contribution in [0.1, 0.15) is 71.6 Å². The van der Waals surface area contributed by atoms with Gasteiger partial charge in [0.05, 0.1) is 6.61 Å². The lowest BCUT2D eigenvalue weighted by molar-refractivity contribution is -0.177. The molecule has 1 N–H and O–H groups in total. The Morgan fingerprint density at radius 3 is 2.29 bits per heavy atom. The molecule has 0 spiro atoms. The molecule has 1 aliphatic heterocycles. The van der Waals surface area contributed by atoms with Crippen molar-refractivity contribution in [3.8, 4) is 0 Å². The Kier molecular flexibility index (Phi) is 7.87. The predicted octanol–water partition coefficient (Wildman–Crippen LogP) is 4.12. The van der Waals surface area contributed by atoms with Crippen LogP contribution >= 0.6 is 0 Å². The van der Waals surface area contributed by atoms with Crippen LogP contribution in [-0.2, 0) is 4.74 Å². The van der Waals surface area contributed by atoms with E-state index < -0.39 is 6.29 Å². The highest BCUT2D eigenvalue weighted by atomic mass is 16.6. The van der Waals surface area contributed by atoms with Crippen LogP contribution in [0.5, 0.6) is 0 Å². The van der Waals surface area contributed by atoms with Crippen LogP contribution in [0.2, 0.25) is 0 Å². The Morgan fingerprint density at radius 1 is 1.00 bits per heavy atom. The second-order valence-electron chi connectivity index (χ2n) is 5.58. The number of rotatable bonds is 8. The number of hydrogen-bond acceptors (Lipinski definition) is 2.